The second-order valence-electron chi connectivity index (χ2n) is 4.62. The van der Waals surface area contributed by atoms with E-state index in [-0.39, 0.29) is 0 Å². The van der Waals surface area contributed by atoms with Crippen molar-refractivity contribution in [2.45, 2.75) is 19.4 Å². The normalized spacial score (nSPS) is 14.5. The zero-order chi connectivity index (χ0) is 14.7. The van der Waals surface area contributed by atoms with Gasteiger partial charge in [-0.15, -0.1) is 0 Å². The van der Waals surface area contributed by atoms with Gasteiger partial charge in [0.1, 0.15) is 5.75 Å². The van der Waals surface area contributed by atoms with Gasteiger partial charge in [-0.05, 0) is 25.5 Å². The van der Waals surface area contributed by atoms with E-state index in [1.807, 2.05) is 6.92 Å². The summed E-state index contributed by atoms with van der Waals surface area (Å²) in [4.78, 5) is 11.4. The third-order valence-corrected chi connectivity index (χ3v) is 3.69. The first kappa shape index (κ1) is 15.4. The number of aryl methyl sites for hydroxylation is 1. The minimum Gasteiger partial charge on any atom is -0.342 e. The van der Waals surface area contributed by atoms with Gasteiger partial charge in [-0.25, -0.2) is 0 Å². The van der Waals surface area contributed by atoms with Crippen molar-refractivity contribution in [1.82, 2.24) is 5.32 Å². The Morgan fingerprint density at radius 1 is 1.42 bits per heavy atom. The second kappa shape index (κ2) is 5.54. The summed E-state index contributed by atoms with van der Waals surface area (Å²) in [7, 11) is -4.24. The van der Waals surface area contributed by atoms with Crippen LogP contribution in [0.25, 0.3) is 0 Å². The van der Waals surface area contributed by atoms with Crippen LogP contribution in [0.4, 0.5) is 0 Å². The van der Waals surface area contributed by atoms with Crippen LogP contribution in [-0.4, -0.2) is 24.6 Å². The monoisotopic (exact) mass is 283 g/mol. The zero-order valence-electron chi connectivity index (χ0n) is 10.9. The lowest BCUT2D eigenvalue weighted by Gasteiger charge is -2.29. The van der Waals surface area contributed by atoms with Gasteiger partial charge in [-0.3, -0.25) is 9.35 Å². The SMILES string of the molecule is C=CC(=O)NC(C)(CS(=O)(=O)O)c1ccc(C)cc1. The Morgan fingerprint density at radius 2 is 1.95 bits per heavy atom. The van der Waals surface area contributed by atoms with Gasteiger partial charge >= 0.3 is 0 Å². The third-order valence-electron chi connectivity index (χ3n) is 2.74. The molecule has 1 rings (SSSR count). The molecule has 0 saturated carbocycles. The number of nitrogens with one attached hydrogen (secondary N) is 1. The van der Waals surface area contributed by atoms with E-state index in [9.17, 15) is 13.2 Å². The summed E-state index contributed by atoms with van der Waals surface area (Å²) in [5, 5.41) is 2.54. The number of rotatable bonds is 5. The lowest BCUT2D eigenvalue weighted by atomic mass is 9.93. The van der Waals surface area contributed by atoms with Gasteiger partial charge in [0.15, 0.2) is 0 Å². The Hall–Kier alpha value is -1.66. The molecule has 0 bridgehead atoms. The van der Waals surface area contributed by atoms with Crippen molar-refractivity contribution in [3.8, 4) is 0 Å². The van der Waals surface area contributed by atoms with Crippen molar-refractivity contribution in [2.24, 2.45) is 0 Å². The van der Waals surface area contributed by atoms with Crippen molar-refractivity contribution in [3.05, 3.63) is 48.0 Å². The Labute approximate surface area is 113 Å². The Balaban J connectivity index is 3.21. The highest BCUT2D eigenvalue weighted by Gasteiger charge is 2.33. The van der Waals surface area contributed by atoms with Crippen LogP contribution in [0.3, 0.4) is 0 Å². The van der Waals surface area contributed by atoms with E-state index < -0.39 is 27.3 Å². The van der Waals surface area contributed by atoms with Crippen molar-refractivity contribution < 1.29 is 17.8 Å². The van der Waals surface area contributed by atoms with Gasteiger partial charge in [0.25, 0.3) is 10.1 Å². The lowest BCUT2D eigenvalue weighted by Crippen LogP contribution is -2.47. The lowest BCUT2D eigenvalue weighted by molar-refractivity contribution is -0.118. The molecule has 1 aromatic carbocycles. The highest BCUT2D eigenvalue weighted by molar-refractivity contribution is 7.85. The summed E-state index contributed by atoms with van der Waals surface area (Å²) in [6, 6.07) is 7.03. The van der Waals surface area contributed by atoms with Crippen LogP contribution in [0.15, 0.2) is 36.9 Å². The molecule has 6 heteroatoms. The van der Waals surface area contributed by atoms with E-state index in [4.69, 9.17) is 4.55 Å². The smallest absolute Gasteiger partial charge is 0.267 e. The largest absolute Gasteiger partial charge is 0.342 e. The molecular weight excluding hydrogens is 266 g/mol. The third kappa shape index (κ3) is 4.50. The van der Waals surface area contributed by atoms with Crippen LogP contribution in [0.2, 0.25) is 0 Å². The quantitative estimate of drug-likeness (QED) is 0.632. The molecule has 0 aliphatic heterocycles. The topological polar surface area (TPSA) is 83.5 Å². The number of hydrogen-bond donors (Lipinski definition) is 2. The van der Waals surface area contributed by atoms with Gasteiger partial charge in [-0.1, -0.05) is 36.4 Å². The fraction of sp³-hybridized carbons (Fsp3) is 0.308. The molecule has 0 fully saturated rings. The maximum absolute atomic E-state index is 11.4. The maximum atomic E-state index is 11.4. The Bertz CT molecular complexity index is 577. The maximum Gasteiger partial charge on any atom is 0.267 e. The molecule has 1 amide bonds. The van der Waals surface area contributed by atoms with Crippen LogP contribution in [0.1, 0.15) is 18.1 Å². The van der Waals surface area contributed by atoms with Gasteiger partial charge in [0.05, 0.1) is 5.54 Å². The molecule has 19 heavy (non-hydrogen) atoms. The molecule has 104 valence electrons. The Kier molecular flexibility index (Phi) is 4.49. The summed E-state index contributed by atoms with van der Waals surface area (Å²) >= 11 is 0. The van der Waals surface area contributed by atoms with E-state index in [1.165, 1.54) is 6.92 Å². The van der Waals surface area contributed by atoms with Crippen LogP contribution < -0.4 is 5.32 Å². The first-order chi connectivity index (χ1) is 8.66. The number of benzene rings is 1. The van der Waals surface area contributed by atoms with Crippen molar-refractivity contribution in [1.29, 1.82) is 0 Å². The van der Waals surface area contributed by atoms with Crippen LogP contribution in [0, 0.1) is 6.92 Å². The molecular formula is C13H17NO4S. The summed E-state index contributed by atoms with van der Waals surface area (Å²) in [6.07, 6.45) is 1.05. The first-order valence-corrected chi connectivity index (χ1v) is 7.24. The van der Waals surface area contributed by atoms with Gasteiger partial charge in [0.2, 0.25) is 5.91 Å². The van der Waals surface area contributed by atoms with Gasteiger partial charge in [0, 0.05) is 0 Å². The van der Waals surface area contributed by atoms with Crippen molar-refractivity contribution in [3.63, 3.8) is 0 Å². The van der Waals surface area contributed by atoms with Crippen LogP contribution in [0.5, 0.6) is 0 Å². The molecule has 2 N–H and O–H groups in total. The average Bonchev–Trinajstić information content (AvgIpc) is 2.26. The molecule has 5 nitrogen and oxygen atoms in total. The predicted octanol–water partition coefficient (Wildman–Crippen LogP) is 1.40. The molecule has 1 atom stereocenters. The Morgan fingerprint density at radius 3 is 2.37 bits per heavy atom. The number of hydrogen-bond acceptors (Lipinski definition) is 3. The van der Waals surface area contributed by atoms with Crippen molar-refractivity contribution >= 4 is 16.0 Å². The van der Waals surface area contributed by atoms with Crippen molar-refractivity contribution in [2.75, 3.05) is 5.75 Å². The summed E-state index contributed by atoms with van der Waals surface area (Å²) in [6.45, 7) is 6.75. The second-order valence-corrected chi connectivity index (χ2v) is 6.07. The molecule has 0 aromatic heterocycles. The highest BCUT2D eigenvalue weighted by atomic mass is 32.2. The molecule has 0 saturated heterocycles. The van der Waals surface area contributed by atoms with E-state index in [1.54, 1.807) is 24.3 Å². The molecule has 0 aliphatic rings. The average molecular weight is 283 g/mol. The van der Waals surface area contributed by atoms with Gasteiger partial charge < -0.3 is 5.32 Å². The van der Waals surface area contributed by atoms with Crippen LogP contribution >= 0.6 is 0 Å². The number of carbonyl (C=O) groups excluding carboxylic acids is 1. The first-order valence-electron chi connectivity index (χ1n) is 5.63. The van der Waals surface area contributed by atoms with E-state index in [0.717, 1.165) is 11.6 Å². The molecule has 1 aromatic rings. The summed E-state index contributed by atoms with van der Waals surface area (Å²) in [5.41, 5.74) is 0.381. The van der Waals surface area contributed by atoms with E-state index in [0.29, 0.717) is 5.56 Å². The fourth-order valence-corrected chi connectivity index (χ4v) is 2.77. The standard InChI is InChI=1S/C13H17NO4S/c1-4-12(15)14-13(3,9-19(16,17)18)11-7-5-10(2)6-8-11/h4-8H,1,9H2,2-3H3,(H,14,15)(H,16,17,18). The number of carbonyl (C=O) groups is 1. The molecule has 0 aliphatic carbocycles. The summed E-state index contributed by atoms with van der Waals surface area (Å²) < 4.78 is 31.3. The minimum atomic E-state index is -4.24. The van der Waals surface area contributed by atoms with E-state index in [2.05, 4.69) is 11.9 Å². The molecule has 0 spiro atoms. The zero-order valence-corrected chi connectivity index (χ0v) is 11.7. The molecule has 0 radical (unpaired) electrons. The van der Waals surface area contributed by atoms with E-state index >= 15 is 0 Å². The summed E-state index contributed by atoms with van der Waals surface area (Å²) in [5.74, 6) is -1.12. The molecule has 0 heterocycles. The van der Waals surface area contributed by atoms with Crippen LogP contribution in [-0.2, 0) is 20.5 Å². The number of amides is 1. The highest BCUT2D eigenvalue weighted by Crippen LogP contribution is 2.23. The minimum absolute atomic E-state index is 0.508. The fourth-order valence-electron chi connectivity index (χ4n) is 1.80. The molecule has 1 unspecified atom stereocenters. The predicted molar refractivity (Wildman–Crippen MR) is 73.3 cm³/mol. The van der Waals surface area contributed by atoms with Gasteiger partial charge in [-0.2, -0.15) is 8.42 Å².